The Labute approximate surface area is 428 Å². The maximum atomic E-state index is 13.2. The number of fused-ring (bicyclic) bond motifs is 20. The zero-order chi connectivity index (χ0) is 46.7. The third kappa shape index (κ3) is 7.85. The van der Waals surface area contributed by atoms with Crippen molar-refractivity contribution in [3.8, 4) is 45.6 Å². The molecule has 20 nitrogen and oxygen atoms in total. The molecule has 66 heavy (non-hydrogen) atoms. The van der Waals surface area contributed by atoms with Crippen LogP contribution in [0.3, 0.4) is 0 Å². The van der Waals surface area contributed by atoms with E-state index in [1.165, 1.54) is 24.3 Å². The summed E-state index contributed by atoms with van der Waals surface area (Å²) in [4.78, 5) is 21.5. The quantitative estimate of drug-likeness (QED) is 0.0737. The standard InChI is InChI=1S/C32H10Cl8N8O12S4.2Cu/c33-13-7-8(14(34)18(38)17(13)37)28-44-27(7)42-25-5-3-1-2-4-6(5)26(41-25)43-31-11-12(22(62(52,53)54)24(64(58,59)60)23(63(55,56)57)21(11)61(49,50)51)32(48-31)47-30-10-9(29(45-28)46-30)15(35)19(39)20(40)16(10)36;;/h1-4H,(H,49,50,51)(H,52,53,54)(H,55,56,57)(H,58,59,60)(H2,41,42,43,44,45,46,47,48);;/q;2*+2/p-4. The van der Waals surface area contributed by atoms with E-state index < -0.39 is 120 Å². The van der Waals surface area contributed by atoms with E-state index in [1.807, 2.05) is 0 Å². The molecular weight excluding hydrogens is 1230 g/mol. The second-order valence-corrected chi connectivity index (χ2v) is 21.3. The minimum atomic E-state index is -6.74. The predicted molar refractivity (Wildman–Crippen MR) is 228 cm³/mol. The van der Waals surface area contributed by atoms with Gasteiger partial charge in [-0.05, 0) is 0 Å². The number of H-pyrrole nitrogens is 2. The van der Waals surface area contributed by atoms with E-state index in [0.717, 1.165) is 0 Å². The number of rotatable bonds is 4. The minimum absolute atomic E-state index is 0. The Bertz CT molecular complexity index is 4090. The number of hydrogen-bond donors (Lipinski definition) is 2. The molecule has 2 radical (unpaired) electrons. The average molecular weight is 1230 g/mol. The zero-order valence-electron chi connectivity index (χ0n) is 30.2. The number of hydrogen-bond acceptors (Lipinski definition) is 18. The fourth-order valence-electron chi connectivity index (χ4n) is 7.04. The van der Waals surface area contributed by atoms with Crippen molar-refractivity contribution in [2.45, 2.75) is 19.6 Å². The van der Waals surface area contributed by atoms with Crippen molar-refractivity contribution < 1.29 is 86.0 Å². The topological polar surface area (TPSA) is 338 Å². The van der Waals surface area contributed by atoms with Gasteiger partial charge in [0.15, 0.2) is 23.3 Å². The molecular formula is C32H6Cl8Cu2N8O12S4. The van der Waals surface area contributed by atoms with Crippen molar-refractivity contribution in [2.24, 2.45) is 0 Å². The molecule has 2 N–H and O–H groups in total. The Hall–Kier alpha value is -2.76. The third-order valence-electron chi connectivity index (χ3n) is 9.43. The van der Waals surface area contributed by atoms with Gasteiger partial charge < -0.3 is 28.2 Å². The molecule has 5 heterocycles. The Balaban J connectivity index is 0.00000324. The molecule has 0 atom stereocenters. The Morgan fingerprint density at radius 3 is 0.955 bits per heavy atom. The minimum Gasteiger partial charge on any atom is -0.744 e. The molecule has 4 aromatic carbocycles. The van der Waals surface area contributed by atoms with Crippen molar-refractivity contribution in [1.29, 1.82) is 0 Å². The molecule has 2 aliphatic rings. The summed E-state index contributed by atoms with van der Waals surface area (Å²) >= 11 is 52.6. The largest absolute Gasteiger partial charge is 2.00 e. The van der Waals surface area contributed by atoms with Crippen molar-refractivity contribution >= 4 is 177 Å². The average Bonchev–Trinajstić information content (AvgIpc) is 3.93. The second kappa shape index (κ2) is 17.0. The number of benzene rings is 4. The SMILES string of the molecule is O=S(=O)([O-])c1c(S(=O)(=O)[O-])c(S(=O)(=O)[O-])c2c3nc4nc(nc5[nH]c(nc6nc(nc([nH]3)c2c1S(=O)(=O)[O-])-c1ccccc1-6)c1c(Cl)c(Cl)c(Cl)c(Cl)c51)-c1c(Cl)c(Cl)c(Cl)c(Cl)c1-4.[Cu+2].[Cu+2]. The van der Waals surface area contributed by atoms with Crippen LogP contribution in [0.25, 0.3) is 89.7 Å². The fraction of sp³-hybridized carbons (Fsp3) is 0. The fourth-order valence-corrected chi connectivity index (χ4v) is 13.9. The molecule has 2 aliphatic heterocycles. The summed E-state index contributed by atoms with van der Waals surface area (Å²) in [5.41, 5.74) is -3.17. The predicted octanol–water partition coefficient (Wildman–Crippen LogP) is 7.71. The van der Waals surface area contributed by atoms with Crippen LogP contribution in [0.15, 0.2) is 43.8 Å². The van der Waals surface area contributed by atoms with Crippen LogP contribution in [0.5, 0.6) is 0 Å². The van der Waals surface area contributed by atoms with E-state index in [9.17, 15) is 51.9 Å². The molecule has 348 valence electrons. The second-order valence-electron chi connectivity index (χ2n) is 13.1. The van der Waals surface area contributed by atoms with Gasteiger partial charge in [0.25, 0.3) is 0 Å². The van der Waals surface area contributed by atoms with Gasteiger partial charge in [0.05, 0.1) is 81.7 Å². The first-order valence-electron chi connectivity index (χ1n) is 16.3. The summed E-state index contributed by atoms with van der Waals surface area (Å²) < 4.78 is 156. The Kier molecular flexibility index (Phi) is 13.1. The van der Waals surface area contributed by atoms with Crippen molar-refractivity contribution in [3.63, 3.8) is 0 Å². The van der Waals surface area contributed by atoms with Crippen LogP contribution in [0, 0.1) is 0 Å². The van der Waals surface area contributed by atoms with Crippen LogP contribution < -0.4 is 0 Å². The molecule has 9 rings (SSSR count). The summed E-state index contributed by atoms with van der Waals surface area (Å²) in [6, 6.07) is 5.82. The monoisotopic (exact) mass is 1230 g/mol. The number of halogens is 8. The molecule has 0 unspecified atom stereocenters. The van der Waals surface area contributed by atoms with Crippen LogP contribution >= 0.6 is 92.8 Å². The molecule has 8 bridgehead atoms. The van der Waals surface area contributed by atoms with Crippen LogP contribution in [-0.4, -0.2) is 91.8 Å². The number of aromatic nitrogens is 8. The molecule has 7 aromatic rings. The van der Waals surface area contributed by atoms with Crippen LogP contribution in [0.4, 0.5) is 0 Å². The molecule has 0 fully saturated rings. The first-order valence-corrected chi connectivity index (χ1v) is 25.0. The summed E-state index contributed by atoms with van der Waals surface area (Å²) in [5.74, 6) is -1.96. The molecule has 0 amide bonds. The van der Waals surface area contributed by atoms with E-state index in [4.69, 9.17) is 92.8 Å². The van der Waals surface area contributed by atoms with Crippen LogP contribution in [-0.2, 0) is 74.6 Å². The summed E-state index contributed by atoms with van der Waals surface area (Å²) in [6.45, 7) is 0. The maximum Gasteiger partial charge on any atom is 2.00 e. The summed E-state index contributed by atoms with van der Waals surface area (Å²) in [6.07, 6.45) is 0. The first-order chi connectivity index (χ1) is 29.6. The number of nitrogens with zero attached hydrogens (tertiary/aromatic N) is 6. The molecule has 0 aliphatic carbocycles. The van der Waals surface area contributed by atoms with Gasteiger partial charge in [-0.1, -0.05) is 117 Å². The number of aromatic amines is 2. The van der Waals surface area contributed by atoms with Gasteiger partial charge in [0.2, 0.25) is 0 Å². The van der Waals surface area contributed by atoms with Crippen molar-refractivity contribution in [2.75, 3.05) is 0 Å². The van der Waals surface area contributed by atoms with Gasteiger partial charge in [-0.2, -0.15) is 0 Å². The van der Waals surface area contributed by atoms with Crippen LogP contribution in [0.1, 0.15) is 0 Å². The van der Waals surface area contributed by atoms with Crippen molar-refractivity contribution in [1.82, 2.24) is 39.9 Å². The van der Waals surface area contributed by atoms with E-state index in [2.05, 4.69) is 39.9 Å². The van der Waals surface area contributed by atoms with Gasteiger partial charge in [-0.25, -0.2) is 63.6 Å². The summed E-state index contributed by atoms with van der Waals surface area (Å²) in [7, 11) is -26.6. The van der Waals surface area contributed by atoms with E-state index in [0.29, 0.717) is 0 Å². The normalized spacial score (nSPS) is 12.8. The van der Waals surface area contributed by atoms with E-state index in [1.54, 1.807) is 0 Å². The van der Waals surface area contributed by atoms with E-state index >= 15 is 0 Å². The molecule has 0 spiro atoms. The maximum absolute atomic E-state index is 13.2. The molecule has 0 saturated carbocycles. The van der Waals surface area contributed by atoms with E-state index in [-0.39, 0.29) is 104 Å². The first kappa shape index (κ1) is 51.1. The smallest absolute Gasteiger partial charge is 0.744 e. The molecule has 3 aromatic heterocycles. The summed E-state index contributed by atoms with van der Waals surface area (Å²) in [5, 5.41) is -5.74. The molecule has 0 saturated heterocycles. The molecule has 34 heteroatoms. The van der Waals surface area contributed by atoms with Gasteiger partial charge in [0, 0.05) is 21.9 Å². The third-order valence-corrected chi connectivity index (χ3v) is 17.1. The van der Waals surface area contributed by atoms with Crippen molar-refractivity contribution in [3.05, 3.63) is 64.4 Å². The van der Waals surface area contributed by atoms with Gasteiger partial charge in [0.1, 0.15) is 63.1 Å². The van der Waals surface area contributed by atoms with Gasteiger partial charge >= 0.3 is 34.1 Å². The van der Waals surface area contributed by atoms with Gasteiger partial charge in [-0.3, -0.25) is 0 Å². The Morgan fingerprint density at radius 1 is 0.364 bits per heavy atom. The Morgan fingerprint density at radius 2 is 0.636 bits per heavy atom. The zero-order valence-corrected chi connectivity index (χ0v) is 41.3. The number of nitrogens with one attached hydrogen (secondary N) is 2. The van der Waals surface area contributed by atoms with Crippen LogP contribution in [0.2, 0.25) is 40.2 Å². The van der Waals surface area contributed by atoms with Gasteiger partial charge in [-0.15, -0.1) is 0 Å².